The van der Waals surface area contributed by atoms with Crippen LogP contribution < -0.4 is 0 Å². The molecule has 0 unspecified atom stereocenters. The molecule has 0 amide bonds. The fraction of sp³-hybridized carbons (Fsp3) is 0.800. The highest BCUT2D eigenvalue weighted by molar-refractivity contribution is 6.00. The molecule has 5 heteroatoms. The number of Topliss-reactive ketones (excluding diaryl/α,β-unsaturated/α-hetero) is 1. The van der Waals surface area contributed by atoms with Crippen LogP contribution in [0.15, 0.2) is 23.5 Å². The van der Waals surface area contributed by atoms with Crippen LogP contribution in [0.3, 0.4) is 0 Å². The maximum Gasteiger partial charge on any atom is 0.202 e. The van der Waals surface area contributed by atoms with E-state index in [0.717, 1.165) is 12.8 Å². The van der Waals surface area contributed by atoms with E-state index in [0.29, 0.717) is 25.0 Å². The van der Waals surface area contributed by atoms with E-state index in [2.05, 4.69) is 40.7 Å². The van der Waals surface area contributed by atoms with E-state index < -0.39 is 34.6 Å². The van der Waals surface area contributed by atoms with Gasteiger partial charge in [0.05, 0.1) is 12.2 Å². The number of aliphatic hydroxyl groups excluding tert-OH is 2. The fourth-order valence-corrected chi connectivity index (χ4v) is 9.57. The van der Waals surface area contributed by atoms with Gasteiger partial charge in [-0.2, -0.15) is 0 Å². The molecule has 194 valence electrons. The molecule has 0 spiro atoms. The summed E-state index contributed by atoms with van der Waals surface area (Å²) in [7, 11) is 0. The number of ketones is 2. The number of aliphatic hydroxyl groups is 2. The molecule has 0 radical (unpaired) electrons. The molecule has 3 saturated carbocycles. The maximum absolute atomic E-state index is 14.3. The SMILES string of the molecule is CC(C)C1=CC(=O)[C@](C)([C@H]2[C@H](O)C[C@@]3(C)[C@@H]4CC=C5[C@@H](CC[C@@H](O)C5(C)C)[C@]4(C)C(=O)C[C@]23C)O1. The highest BCUT2D eigenvalue weighted by Gasteiger charge is 2.75. The predicted molar refractivity (Wildman–Crippen MR) is 134 cm³/mol. The van der Waals surface area contributed by atoms with Crippen LogP contribution in [0.25, 0.3) is 0 Å². The van der Waals surface area contributed by atoms with Crippen molar-refractivity contribution in [1.82, 2.24) is 0 Å². The molecule has 1 aliphatic heterocycles. The average Bonchev–Trinajstić information content (AvgIpc) is 3.15. The van der Waals surface area contributed by atoms with Crippen LogP contribution in [-0.2, 0) is 14.3 Å². The largest absolute Gasteiger partial charge is 0.483 e. The van der Waals surface area contributed by atoms with E-state index in [1.54, 1.807) is 6.08 Å². The van der Waals surface area contributed by atoms with Gasteiger partial charge < -0.3 is 14.9 Å². The molecule has 0 aromatic carbocycles. The molecule has 2 N–H and O–H groups in total. The normalized spacial score (nSPS) is 50.8. The Kier molecular flexibility index (Phi) is 5.26. The van der Waals surface area contributed by atoms with Crippen molar-refractivity contribution in [3.63, 3.8) is 0 Å². The van der Waals surface area contributed by atoms with Gasteiger partial charge in [0.15, 0.2) is 5.60 Å². The number of ether oxygens (including phenoxy) is 1. The number of hydrogen-bond donors (Lipinski definition) is 2. The second-order valence-corrected chi connectivity index (χ2v) is 14.1. The quantitative estimate of drug-likeness (QED) is 0.539. The van der Waals surface area contributed by atoms with Gasteiger partial charge in [0, 0.05) is 35.2 Å². The topological polar surface area (TPSA) is 83.8 Å². The smallest absolute Gasteiger partial charge is 0.202 e. The average molecular weight is 485 g/mol. The molecule has 3 fully saturated rings. The molecule has 35 heavy (non-hydrogen) atoms. The van der Waals surface area contributed by atoms with Gasteiger partial charge in [0.1, 0.15) is 11.5 Å². The van der Waals surface area contributed by atoms with Gasteiger partial charge in [0.2, 0.25) is 5.78 Å². The van der Waals surface area contributed by atoms with Gasteiger partial charge in [0.25, 0.3) is 0 Å². The highest BCUT2D eigenvalue weighted by Crippen LogP contribution is 2.74. The lowest BCUT2D eigenvalue weighted by atomic mass is 9.38. The van der Waals surface area contributed by atoms with Crippen molar-refractivity contribution in [1.29, 1.82) is 0 Å². The van der Waals surface area contributed by atoms with Gasteiger partial charge in [-0.15, -0.1) is 0 Å². The first-order valence-electron chi connectivity index (χ1n) is 13.6. The van der Waals surface area contributed by atoms with Crippen LogP contribution in [0.1, 0.15) is 87.5 Å². The number of carbonyl (C=O) groups is 2. The summed E-state index contributed by atoms with van der Waals surface area (Å²) in [5, 5.41) is 22.4. The number of carbonyl (C=O) groups excluding carboxylic acids is 2. The van der Waals surface area contributed by atoms with E-state index in [9.17, 15) is 19.8 Å². The molecule has 4 aliphatic carbocycles. The Morgan fingerprint density at radius 1 is 1.00 bits per heavy atom. The van der Waals surface area contributed by atoms with Gasteiger partial charge in [-0.05, 0) is 55.3 Å². The van der Waals surface area contributed by atoms with Gasteiger partial charge in [-0.1, -0.05) is 60.1 Å². The Balaban J connectivity index is 1.59. The molecule has 5 nitrogen and oxygen atoms in total. The summed E-state index contributed by atoms with van der Waals surface area (Å²) in [5.74, 6) is 0.630. The van der Waals surface area contributed by atoms with E-state index >= 15 is 0 Å². The summed E-state index contributed by atoms with van der Waals surface area (Å²) in [6, 6.07) is 0. The van der Waals surface area contributed by atoms with E-state index in [4.69, 9.17) is 4.74 Å². The molecule has 0 saturated heterocycles. The minimum Gasteiger partial charge on any atom is -0.483 e. The predicted octanol–water partition coefficient (Wildman–Crippen LogP) is 5.00. The minimum atomic E-state index is -1.16. The zero-order chi connectivity index (χ0) is 25.9. The van der Waals surface area contributed by atoms with Gasteiger partial charge >= 0.3 is 0 Å². The minimum absolute atomic E-state index is 0.0679. The summed E-state index contributed by atoms with van der Waals surface area (Å²) in [6.07, 6.45) is 5.98. The number of allylic oxidation sites excluding steroid dienone is 2. The molecule has 0 bridgehead atoms. The number of fused-ring (bicyclic) bond motifs is 5. The third kappa shape index (κ3) is 2.89. The van der Waals surface area contributed by atoms with Crippen LogP contribution in [0.4, 0.5) is 0 Å². The van der Waals surface area contributed by atoms with Crippen LogP contribution >= 0.6 is 0 Å². The monoisotopic (exact) mass is 484 g/mol. The molecule has 0 aromatic rings. The zero-order valence-electron chi connectivity index (χ0n) is 22.8. The van der Waals surface area contributed by atoms with Gasteiger partial charge in [-0.3, -0.25) is 9.59 Å². The first-order chi connectivity index (χ1) is 16.0. The lowest BCUT2D eigenvalue weighted by Crippen LogP contribution is -2.64. The molecule has 9 atom stereocenters. The Morgan fingerprint density at radius 3 is 2.26 bits per heavy atom. The molecule has 5 rings (SSSR count). The third-order valence-corrected chi connectivity index (χ3v) is 11.9. The number of hydrogen-bond acceptors (Lipinski definition) is 5. The lowest BCUT2D eigenvalue weighted by molar-refractivity contribution is -0.183. The number of rotatable bonds is 2. The van der Waals surface area contributed by atoms with Crippen LogP contribution in [0, 0.1) is 45.3 Å². The van der Waals surface area contributed by atoms with Crippen molar-refractivity contribution in [2.45, 2.75) is 105 Å². The summed E-state index contributed by atoms with van der Waals surface area (Å²) < 4.78 is 6.36. The summed E-state index contributed by atoms with van der Waals surface area (Å²) >= 11 is 0. The van der Waals surface area contributed by atoms with Crippen molar-refractivity contribution in [3.05, 3.63) is 23.5 Å². The standard InChI is InChI=1S/C30H44O5/c1-16(2)20-13-23(33)30(8,35-20)25-19(31)14-27(5)21-11-9-17-18(10-12-22(32)26(17,3)4)29(21,7)24(34)15-28(25,27)6/h9,13,16,18-19,21-22,25,31-32H,10-12,14-15H2,1-8H3/t18-,19-,21+,22-,25+,27+,28-,29+,30-/m1/s1. The Hall–Kier alpha value is -1.46. The first kappa shape index (κ1) is 25.2. The molecule has 5 aliphatic rings. The van der Waals surface area contributed by atoms with Crippen molar-refractivity contribution in [2.24, 2.45) is 45.3 Å². The fourth-order valence-electron chi connectivity index (χ4n) is 9.57. The van der Waals surface area contributed by atoms with Crippen molar-refractivity contribution < 1.29 is 24.5 Å². The molecule has 0 aromatic heterocycles. The second kappa shape index (κ2) is 7.31. The van der Waals surface area contributed by atoms with E-state index in [1.807, 2.05) is 20.8 Å². The van der Waals surface area contributed by atoms with Crippen molar-refractivity contribution >= 4 is 11.6 Å². The first-order valence-corrected chi connectivity index (χ1v) is 13.6. The summed E-state index contributed by atoms with van der Waals surface area (Å²) in [5.41, 5.74) is -1.69. The Bertz CT molecular complexity index is 1040. The van der Waals surface area contributed by atoms with E-state index in [-0.39, 0.29) is 40.2 Å². The molecular formula is C30H44O5. The molecule has 1 heterocycles. The second-order valence-electron chi connectivity index (χ2n) is 14.1. The van der Waals surface area contributed by atoms with Gasteiger partial charge in [-0.25, -0.2) is 0 Å². The zero-order valence-corrected chi connectivity index (χ0v) is 22.8. The van der Waals surface area contributed by atoms with Crippen LogP contribution in [0.5, 0.6) is 0 Å². The summed E-state index contributed by atoms with van der Waals surface area (Å²) in [6.45, 7) is 16.6. The molecular weight excluding hydrogens is 440 g/mol. The Labute approximate surface area is 210 Å². The van der Waals surface area contributed by atoms with Crippen molar-refractivity contribution in [2.75, 3.05) is 0 Å². The Morgan fingerprint density at radius 2 is 1.66 bits per heavy atom. The summed E-state index contributed by atoms with van der Waals surface area (Å²) in [4.78, 5) is 27.7. The van der Waals surface area contributed by atoms with Crippen LogP contribution in [-0.4, -0.2) is 39.6 Å². The third-order valence-electron chi connectivity index (χ3n) is 11.9. The lowest BCUT2D eigenvalue weighted by Gasteiger charge is -2.64. The highest BCUT2D eigenvalue weighted by atomic mass is 16.5. The maximum atomic E-state index is 14.3. The van der Waals surface area contributed by atoms with Crippen molar-refractivity contribution in [3.8, 4) is 0 Å². The van der Waals surface area contributed by atoms with E-state index in [1.165, 1.54) is 5.57 Å². The van der Waals surface area contributed by atoms with Crippen LogP contribution in [0.2, 0.25) is 0 Å².